The average molecular weight is 240 g/mol. The molecule has 0 bridgehead atoms. The molecule has 0 unspecified atom stereocenters. The monoisotopic (exact) mass is 240 g/mol. The second kappa shape index (κ2) is 5.89. The van der Waals surface area contributed by atoms with Crippen molar-refractivity contribution < 1.29 is 4.79 Å². The van der Waals surface area contributed by atoms with E-state index < -0.39 is 0 Å². The van der Waals surface area contributed by atoms with Crippen molar-refractivity contribution in [3.8, 4) is 0 Å². The predicted octanol–water partition coefficient (Wildman–Crippen LogP) is 0.476. The Morgan fingerprint density at radius 3 is 2.41 bits per heavy atom. The first-order chi connectivity index (χ1) is 7.90. The van der Waals surface area contributed by atoms with Crippen LogP contribution in [0.2, 0.25) is 0 Å². The minimum absolute atomic E-state index is 0.0214. The Morgan fingerprint density at radius 1 is 1.29 bits per heavy atom. The lowest BCUT2D eigenvalue weighted by Crippen LogP contribution is -2.48. The Labute approximate surface area is 103 Å². The second-order valence-corrected chi connectivity index (χ2v) is 5.55. The van der Waals surface area contributed by atoms with E-state index >= 15 is 0 Å². The summed E-state index contributed by atoms with van der Waals surface area (Å²) < 4.78 is 0. The molecule has 1 aliphatic carbocycles. The van der Waals surface area contributed by atoms with Crippen LogP contribution < -0.4 is 16.0 Å². The SMILES string of the molecule is CN=C(NCC(=O)NC(C)(C)C)NCC1CC1. The fourth-order valence-corrected chi connectivity index (χ4v) is 1.41. The third-order valence-electron chi connectivity index (χ3n) is 2.41. The molecule has 5 nitrogen and oxygen atoms in total. The second-order valence-electron chi connectivity index (χ2n) is 5.55. The Morgan fingerprint density at radius 2 is 1.94 bits per heavy atom. The van der Waals surface area contributed by atoms with Crippen molar-refractivity contribution >= 4 is 11.9 Å². The predicted molar refractivity (Wildman–Crippen MR) is 70.0 cm³/mol. The molecule has 0 saturated heterocycles. The third-order valence-corrected chi connectivity index (χ3v) is 2.41. The van der Waals surface area contributed by atoms with Crippen LogP contribution in [0.4, 0.5) is 0 Å². The van der Waals surface area contributed by atoms with Crippen molar-refractivity contribution in [2.24, 2.45) is 10.9 Å². The minimum Gasteiger partial charge on any atom is -0.356 e. The molecule has 1 rings (SSSR count). The first-order valence-corrected chi connectivity index (χ1v) is 6.16. The maximum absolute atomic E-state index is 11.6. The van der Waals surface area contributed by atoms with Crippen molar-refractivity contribution in [3.63, 3.8) is 0 Å². The molecule has 1 aliphatic rings. The normalized spacial score (nSPS) is 16.6. The van der Waals surface area contributed by atoms with Gasteiger partial charge in [0, 0.05) is 19.1 Å². The van der Waals surface area contributed by atoms with E-state index in [0.29, 0.717) is 5.96 Å². The molecule has 5 heteroatoms. The quantitative estimate of drug-likeness (QED) is 0.494. The number of amides is 1. The molecule has 0 radical (unpaired) electrons. The van der Waals surface area contributed by atoms with Crippen LogP contribution >= 0.6 is 0 Å². The Bertz CT molecular complexity index is 289. The molecule has 0 aromatic heterocycles. The van der Waals surface area contributed by atoms with Crippen molar-refractivity contribution in [3.05, 3.63) is 0 Å². The summed E-state index contributed by atoms with van der Waals surface area (Å²) in [7, 11) is 1.71. The lowest BCUT2D eigenvalue weighted by atomic mass is 10.1. The number of aliphatic imine (C=N–C) groups is 1. The lowest BCUT2D eigenvalue weighted by Gasteiger charge is -2.21. The molecular weight excluding hydrogens is 216 g/mol. The van der Waals surface area contributed by atoms with E-state index in [4.69, 9.17) is 0 Å². The van der Waals surface area contributed by atoms with Gasteiger partial charge in [-0.05, 0) is 39.5 Å². The number of carbonyl (C=O) groups is 1. The molecule has 1 saturated carbocycles. The number of nitrogens with zero attached hydrogens (tertiary/aromatic N) is 1. The number of rotatable bonds is 4. The van der Waals surface area contributed by atoms with Gasteiger partial charge < -0.3 is 16.0 Å². The van der Waals surface area contributed by atoms with E-state index in [2.05, 4.69) is 20.9 Å². The van der Waals surface area contributed by atoms with Crippen LogP contribution in [0.25, 0.3) is 0 Å². The third kappa shape index (κ3) is 6.81. The van der Waals surface area contributed by atoms with Crippen molar-refractivity contribution in [1.29, 1.82) is 0 Å². The fraction of sp³-hybridized carbons (Fsp3) is 0.833. The van der Waals surface area contributed by atoms with Crippen LogP contribution in [-0.4, -0.2) is 37.5 Å². The van der Waals surface area contributed by atoms with E-state index in [1.165, 1.54) is 12.8 Å². The van der Waals surface area contributed by atoms with Crippen LogP contribution in [-0.2, 0) is 4.79 Å². The molecule has 0 aliphatic heterocycles. The van der Waals surface area contributed by atoms with Crippen molar-refractivity contribution in [2.75, 3.05) is 20.1 Å². The van der Waals surface area contributed by atoms with Gasteiger partial charge in [0.05, 0.1) is 6.54 Å². The van der Waals surface area contributed by atoms with Gasteiger partial charge in [0.2, 0.25) is 5.91 Å². The molecule has 1 amide bonds. The number of nitrogens with one attached hydrogen (secondary N) is 3. The van der Waals surface area contributed by atoms with Crippen LogP contribution in [0.1, 0.15) is 33.6 Å². The summed E-state index contributed by atoms with van der Waals surface area (Å²) in [6.07, 6.45) is 2.60. The van der Waals surface area contributed by atoms with Gasteiger partial charge in [-0.3, -0.25) is 9.79 Å². The zero-order chi connectivity index (χ0) is 12.9. The molecule has 0 spiro atoms. The number of carbonyl (C=O) groups excluding carboxylic acids is 1. The Kier molecular flexibility index (Phi) is 4.78. The highest BCUT2D eigenvalue weighted by Crippen LogP contribution is 2.27. The van der Waals surface area contributed by atoms with Crippen LogP contribution in [0, 0.1) is 5.92 Å². The average Bonchev–Trinajstić information content (AvgIpc) is 2.99. The highest BCUT2D eigenvalue weighted by Gasteiger charge is 2.21. The molecule has 0 aromatic carbocycles. The van der Waals surface area contributed by atoms with E-state index in [9.17, 15) is 4.79 Å². The molecule has 98 valence electrons. The van der Waals surface area contributed by atoms with Gasteiger partial charge in [-0.15, -0.1) is 0 Å². The number of guanidine groups is 1. The summed E-state index contributed by atoms with van der Waals surface area (Å²) in [6, 6.07) is 0. The summed E-state index contributed by atoms with van der Waals surface area (Å²) in [5, 5.41) is 9.10. The summed E-state index contributed by atoms with van der Waals surface area (Å²) in [6.45, 7) is 7.09. The van der Waals surface area contributed by atoms with Crippen molar-refractivity contribution in [1.82, 2.24) is 16.0 Å². The standard InChI is InChI=1S/C12H24N4O/c1-12(2,3)16-10(17)8-15-11(13-4)14-7-9-5-6-9/h9H,5-8H2,1-4H3,(H,16,17)(H2,13,14,15). The van der Waals surface area contributed by atoms with E-state index in [1.54, 1.807) is 7.05 Å². The first kappa shape index (κ1) is 13.8. The molecule has 0 atom stereocenters. The van der Waals surface area contributed by atoms with Gasteiger partial charge in [-0.25, -0.2) is 0 Å². The van der Waals surface area contributed by atoms with E-state index in [1.807, 2.05) is 20.8 Å². The summed E-state index contributed by atoms with van der Waals surface area (Å²) >= 11 is 0. The molecule has 17 heavy (non-hydrogen) atoms. The fourth-order valence-electron chi connectivity index (χ4n) is 1.41. The van der Waals surface area contributed by atoms with Crippen molar-refractivity contribution in [2.45, 2.75) is 39.2 Å². The van der Waals surface area contributed by atoms with Gasteiger partial charge in [-0.2, -0.15) is 0 Å². The number of hydrogen-bond acceptors (Lipinski definition) is 2. The molecule has 1 fully saturated rings. The van der Waals surface area contributed by atoms with E-state index in [0.717, 1.165) is 12.5 Å². The maximum Gasteiger partial charge on any atom is 0.239 e. The summed E-state index contributed by atoms with van der Waals surface area (Å²) in [4.78, 5) is 15.6. The molecule has 0 aromatic rings. The minimum atomic E-state index is -0.191. The highest BCUT2D eigenvalue weighted by atomic mass is 16.2. The Balaban J connectivity index is 2.19. The largest absolute Gasteiger partial charge is 0.356 e. The van der Waals surface area contributed by atoms with E-state index in [-0.39, 0.29) is 18.0 Å². The van der Waals surface area contributed by atoms with Crippen LogP contribution in [0.5, 0.6) is 0 Å². The summed E-state index contributed by atoms with van der Waals surface area (Å²) in [5.74, 6) is 1.46. The van der Waals surface area contributed by atoms with Gasteiger partial charge in [0.1, 0.15) is 0 Å². The van der Waals surface area contributed by atoms with Crippen LogP contribution in [0.3, 0.4) is 0 Å². The maximum atomic E-state index is 11.6. The first-order valence-electron chi connectivity index (χ1n) is 6.16. The van der Waals surface area contributed by atoms with Gasteiger partial charge in [0.25, 0.3) is 0 Å². The molecule has 3 N–H and O–H groups in total. The molecule has 0 heterocycles. The molecular formula is C12H24N4O. The lowest BCUT2D eigenvalue weighted by molar-refractivity contribution is -0.121. The highest BCUT2D eigenvalue weighted by molar-refractivity contribution is 5.86. The Hall–Kier alpha value is -1.26. The number of hydrogen-bond donors (Lipinski definition) is 3. The zero-order valence-corrected chi connectivity index (χ0v) is 11.3. The zero-order valence-electron chi connectivity index (χ0n) is 11.3. The van der Waals surface area contributed by atoms with Gasteiger partial charge in [-0.1, -0.05) is 0 Å². The van der Waals surface area contributed by atoms with Crippen LogP contribution in [0.15, 0.2) is 4.99 Å². The topological polar surface area (TPSA) is 65.5 Å². The van der Waals surface area contributed by atoms with Gasteiger partial charge in [0.15, 0.2) is 5.96 Å². The smallest absolute Gasteiger partial charge is 0.239 e. The van der Waals surface area contributed by atoms with Gasteiger partial charge >= 0.3 is 0 Å². The summed E-state index contributed by atoms with van der Waals surface area (Å²) in [5.41, 5.74) is -0.191.